The Hall–Kier alpha value is -1.64. The number of piperazine rings is 1. The van der Waals surface area contributed by atoms with Crippen LogP contribution in [0.2, 0.25) is 10.0 Å². The molecule has 2 aromatic carbocycles. The first-order valence-corrected chi connectivity index (χ1v) is 10.5. The molecule has 0 unspecified atom stereocenters. The molecule has 1 aliphatic heterocycles. The fourth-order valence-corrected chi connectivity index (χ4v) is 5.92. The lowest BCUT2D eigenvalue weighted by molar-refractivity contribution is 0.360. The van der Waals surface area contributed by atoms with Gasteiger partial charge in [0.25, 0.3) is 0 Å². The van der Waals surface area contributed by atoms with E-state index in [1.54, 1.807) is 24.4 Å². The summed E-state index contributed by atoms with van der Waals surface area (Å²) in [7, 11) is -3.79. The molecule has 2 heterocycles. The number of nitrogens with zero attached hydrogens (tertiary/aromatic N) is 1. The standard InChI is InChI=1S/C18H16Cl2FN3O2S/c19-15-7-11(14-10-23-17-9-12(21)1-2-13(14)17)8-16(20)18(15)27(25,26)24-5-3-22-4-6-24/h1-2,7-10,22-23H,3-6H2. The Labute approximate surface area is 166 Å². The van der Waals surface area contributed by atoms with Crippen LogP contribution < -0.4 is 5.32 Å². The van der Waals surface area contributed by atoms with E-state index < -0.39 is 10.0 Å². The van der Waals surface area contributed by atoms with Crippen molar-refractivity contribution in [3.8, 4) is 11.1 Å². The minimum absolute atomic E-state index is 0.0625. The van der Waals surface area contributed by atoms with E-state index in [1.165, 1.54) is 16.4 Å². The average molecular weight is 428 g/mol. The quantitative estimate of drug-likeness (QED) is 0.666. The average Bonchev–Trinajstić information content (AvgIpc) is 3.04. The maximum atomic E-state index is 13.4. The summed E-state index contributed by atoms with van der Waals surface area (Å²) in [5.41, 5.74) is 2.05. The van der Waals surface area contributed by atoms with Crippen LogP contribution in [-0.4, -0.2) is 43.9 Å². The Balaban J connectivity index is 1.80. The van der Waals surface area contributed by atoms with Gasteiger partial charge in [-0.05, 0) is 35.9 Å². The zero-order valence-corrected chi connectivity index (χ0v) is 16.4. The molecule has 0 radical (unpaired) electrons. The van der Waals surface area contributed by atoms with Crippen molar-refractivity contribution in [2.24, 2.45) is 0 Å². The van der Waals surface area contributed by atoms with Crippen molar-refractivity contribution in [3.05, 3.63) is 52.4 Å². The number of nitrogens with one attached hydrogen (secondary N) is 2. The molecule has 0 aliphatic carbocycles. The molecule has 1 saturated heterocycles. The fourth-order valence-electron chi connectivity index (χ4n) is 3.31. The van der Waals surface area contributed by atoms with Gasteiger partial charge < -0.3 is 10.3 Å². The second-order valence-corrected chi connectivity index (χ2v) is 9.00. The van der Waals surface area contributed by atoms with Crippen LogP contribution in [0.3, 0.4) is 0 Å². The van der Waals surface area contributed by atoms with E-state index in [4.69, 9.17) is 23.2 Å². The molecule has 3 aromatic rings. The second-order valence-electron chi connectivity index (χ2n) is 6.32. The predicted molar refractivity (Wildman–Crippen MR) is 105 cm³/mol. The van der Waals surface area contributed by atoms with Crippen molar-refractivity contribution < 1.29 is 12.8 Å². The number of halogens is 3. The van der Waals surface area contributed by atoms with E-state index in [9.17, 15) is 12.8 Å². The lowest BCUT2D eigenvalue weighted by Gasteiger charge is -2.27. The highest BCUT2D eigenvalue weighted by molar-refractivity contribution is 7.89. The Morgan fingerprint density at radius 1 is 1.04 bits per heavy atom. The Morgan fingerprint density at radius 3 is 2.37 bits per heavy atom. The topological polar surface area (TPSA) is 65.2 Å². The van der Waals surface area contributed by atoms with Crippen LogP contribution >= 0.6 is 23.2 Å². The van der Waals surface area contributed by atoms with Crippen LogP contribution in [0.5, 0.6) is 0 Å². The number of fused-ring (bicyclic) bond motifs is 1. The first-order chi connectivity index (χ1) is 12.9. The van der Waals surface area contributed by atoms with E-state index in [-0.39, 0.29) is 20.8 Å². The Kier molecular flexibility index (Phi) is 4.90. The lowest BCUT2D eigenvalue weighted by atomic mass is 10.0. The van der Waals surface area contributed by atoms with Gasteiger partial charge in [-0.1, -0.05) is 23.2 Å². The van der Waals surface area contributed by atoms with Gasteiger partial charge in [0, 0.05) is 48.8 Å². The van der Waals surface area contributed by atoms with Crippen molar-refractivity contribution in [2.45, 2.75) is 4.90 Å². The fraction of sp³-hybridized carbons (Fsp3) is 0.222. The van der Waals surface area contributed by atoms with Gasteiger partial charge >= 0.3 is 0 Å². The van der Waals surface area contributed by atoms with Crippen molar-refractivity contribution in [1.29, 1.82) is 0 Å². The van der Waals surface area contributed by atoms with Gasteiger partial charge in [-0.25, -0.2) is 12.8 Å². The van der Waals surface area contributed by atoms with Gasteiger partial charge in [0.2, 0.25) is 10.0 Å². The first-order valence-electron chi connectivity index (χ1n) is 8.35. The molecule has 9 heteroatoms. The molecule has 1 fully saturated rings. The Morgan fingerprint density at radius 2 is 1.70 bits per heavy atom. The van der Waals surface area contributed by atoms with E-state index in [0.29, 0.717) is 37.3 Å². The third-order valence-electron chi connectivity index (χ3n) is 4.63. The zero-order chi connectivity index (χ0) is 19.2. The van der Waals surface area contributed by atoms with Crippen LogP contribution in [0.25, 0.3) is 22.0 Å². The number of hydrogen-bond donors (Lipinski definition) is 2. The molecule has 0 atom stereocenters. The third kappa shape index (κ3) is 3.34. The summed E-state index contributed by atoms with van der Waals surface area (Å²) < 4.78 is 40.7. The number of sulfonamides is 1. The number of H-pyrrole nitrogens is 1. The first kappa shape index (κ1) is 18.7. The van der Waals surface area contributed by atoms with Crippen LogP contribution in [0.1, 0.15) is 0 Å². The molecule has 27 heavy (non-hydrogen) atoms. The molecule has 5 nitrogen and oxygen atoms in total. The molecule has 142 valence electrons. The van der Waals surface area contributed by atoms with E-state index in [1.807, 2.05) is 0 Å². The molecule has 4 rings (SSSR count). The molecular formula is C18H16Cl2FN3O2S. The van der Waals surface area contributed by atoms with Gasteiger partial charge in [-0.3, -0.25) is 0 Å². The van der Waals surface area contributed by atoms with E-state index in [0.717, 1.165) is 10.9 Å². The number of aromatic nitrogens is 1. The SMILES string of the molecule is O=S(=O)(c1c(Cl)cc(-c2c[nH]c3cc(F)ccc23)cc1Cl)N1CCNCC1. The normalized spacial score (nSPS) is 16.1. The Bertz CT molecular complexity index is 1100. The van der Waals surface area contributed by atoms with Crippen LogP contribution in [-0.2, 0) is 10.0 Å². The number of benzene rings is 2. The molecule has 0 saturated carbocycles. The summed E-state index contributed by atoms with van der Waals surface area (Å²) in [6, 6.07) is 7.57. The molecule has 2 N–H and O–H groups in total. The number of aromatic amines is 1. The van der Waals surface area contributed by atoms with Crippen molar-refractivity contribution in [1.82, 2.24) is 14.6 Å². The summed E-state index contributed by atoms with van der Waals surface area (Å²) in [5.74, 6) is -0.343. The lowest BCUT2D eigenvalue weighted by Crippen LogP contribution is -2.46. The summed E-state index contributed by atoms with van der Waals surface area (Å²) in [5, 5.41) is 4.03. The maximum Gasteiger partial charge on any atom is 0.246 e. The minimum Gasteiger partial charge on any atom is -0.360 e. The van der Waals surface area contributed by atoms with Gasteiger partial charge in [-0.15, -0.1) is 0 Å². The van der Waals surface area contributed by atoms with Gasteiger partial charge in [0.1, 0.15) is 10.7 Å². The van der Waals surface area contributed by atoms with Crippen LogP contribution in [0.4, 0.5) is 4.39 Å². The summed E-state index contributed by atoms with van der Waals surface area (Å²) in [6.45, 7) is 1.90. The molecule has 1 aromatic heterocycles. The van der Waals surface area contributed by atoms with Crippen molar-refractivity contribution in [2.75, 3.05) is 26.2 Å². The number of hydrogen-bond acceptors (Lipinski definition) is 3. The molecule has 0 amide bonds. The number of rotatable bonds is 3. The van der Waals surface area contributed by atoms with Crippen molar-refractivity contribution >= 4 is 44.1 Å². The molecule has 1 aliphatic rings. The van der Waals surface area contributed by atoms with Gasteiger partial charge in [-0.2, -0.15) is 4.31 Å². The highest BCUT2D eigenvalue weighted by Gasteiger charge is 2.30. The van der Waals surface area contributed by atoms with Gasteiger partial charge in [0.15, 0.2) is 0 Å². The maximum absolute atomic E-state index is 13.4. The minimum atomic E-state index is -3.79. The summed E-state index contributed by atoms with van der Waals surface area (Å²) in [4.78, 5) is 2.92. The zero-order valence-electron chi connectivity index (χ0n) is 14.1. The van der Waals surface area contributed by atoms with E-state index in [2.05, 4.69) is 10.3 Å². The molecular weight excluding hydrogens is 412 g/mol. The summed E-state index contributed by atoms with van der Waals surface area (Å²) >= 11 is 12.7. The molecule has 0 bridgehead atoms. The smallest absolute Gasteiger partial charge is 0.246 e. The van der Waals surface area contributed by atoms with Gasteiger partial charge in [0.05, 0.1) is 10.0 Å². The largest absolute Gasteiger partial charge is 0.360 e. The molecule has 0 spiro atoms. The third-order valence-corrected chi connectivity index (χ3v) is 7.45. The van der Waals surface area contributed by atoms with Crippen LogP contribution in [0, 0.1) is 5.82 Å². The second kappa shape index (κ2) is 7.07. The monoisotopic (exact) mass is 427 g/mol. The van der Waals surface area contributed by atoms with E-state index >= 15 is 0 Å². The highest BCUT2D eigenvalue weighted by atomic mass is 35.5. The summed E-state index contributed by atoms with van der Waals surface area (Å²) in [6.07, 6.45) is 1.72. The van der Waals surface area contributed by atoms with Crippen molar-refractivity contribution in [3.63, 3.8) is 0 Å². The van der Waals surface area contributed by atoms with Crippen LogP contribution in [0.15, 0.2) is 41.4 Å². The predicted octanol–water partition coefficient (Wildman–Crippen LogP) is 3.87. The highest BCUT2D eigenvalue weighted by Crippen LogP contribution is 2.38.